The van der Waals surface area contributed by atoms with E-state index in [2.05, 4.69) is 16.2 Å². The van der Waals surface area contributed by atoms with Crippen LogP contribution in [0.1, 0.15) is 50.2 Å². The van der Waals surface area contributed by atoms with E-state index in [1.54, 1.807) is 0 Å². The SMILES string of the molecule is N#CCc1nc(C23CC4CC(CC(C4)C2)C3)no1. The largest absolute Gasteiger partial charge is 0.338 e. The molecule has 0 N–H and O–H groups in total. The van der Waals surface area contributed by atoms with Crippen molar-refractivity contribution in [1.82, 2.24) is 10.1 Å². The molecule has 4 fully saturated rings. The summed E-state index contributed by atoms with van der Waals surface area (Å²) in [5.74, 6) is 4.03. The Kier molecular flexibility index (Phi) is 2.09. The van der Waals surface area contributed by atoms with Crippen molar-refractivity contribution < 1.29 is 4.52 Å². The lowest BCUT2D eigenvalue weighted by atomic mass is 9.49. The maximum absolute atomic E-state index is 8.69. The Labute approximate surface area is 106 Å². The standard InChI is InChI=1S/C14H17N3O/c15-2-1-12-16-13(17-18-12)14-6-9-3-10(7-14)5-11(4-9)8-14/h9-11H,1,3-8H2. The van der Waals surface area contributed by atoms with Gasteiger partial charge in [-0.1, -0.05) is 5.16 Å². The zero-order valence-electron chi connectivity index (χ0n) is 10.4. The van der Waals surface area contributed by atoms with Crippen molar-refractivity contribution in [1.29, 1.82) is 5.26 Å². The third-order valence-electron chi connectivity index (χ3n) is 5.21. The first-order valence-corrected chi connectivity index (χ1v) is 6.97. The van der Waals surface area contributed by atoms with Crippen LogP contribution in [0.5, 0.6) is 0 Å². The predicted molar refractivity (Wildman–Crippen MR) is 63.5 cm³/mol. The minimum Gasteiger partial charge on any atom is -0.338 e. The second kappa shape index (κ2) is 3.57. The van der Waals surface area contributed by atoms with Crippen LogP contribution in [0, 0.1) is 29.1 Å². The predicted octanol–water partition coefficient (Wildman–Crippen LogP) is 2.60. The van der Waals surface area contributed by atoms with E-state index >= 15 is 0 Å². The summed E-state index contributed by atoms with van der Waals surface area (Å²) in [4.78, 5) is 4.49. The molecule has 0 unspecified atom stereocenters. The van der Waals surface area contributed by atoms with Crippen molar-refractivity contribution in [2.24, 2.45) is 17.8 Å². The van der Waals surface area contributed by atoms with Crippen LogP contribution in [-0.4, -0.2) is 10.1 Å². The Morgan fingerprint density at radius 1 is 1.17 bits per heavy atom. The fourth-order valence-electron chi connectivity index (χ4n) is 4.99. The van der Waals surface area contributed by atoms with Gasteiger partial charge in [0.15, 0.2) is 5.82 Å². The molecular weight excluding hydrogens is 226 g/mol. The summed E-state index contributed by atoms with van der Waals surface area (Å²) in [5.41, 5.74) is 0.186. The number of hydrogen-bond acceptors (Lipinski definition) is 4. The lowest BCUT2D eigenvalue weighted by molar-refractivity contribution is -0.0103. The van der Waals surface area contributed by atoms with E-state index in [1.165, 1.54) is 38.5 Å². The molecule has 1 heterocycles. The highest BCUT2D eigenvalue weighted by Crippen LogP contribution is 2.60. The first-order valence-electron chi connectivity index (χ1n) is 6.97. The molecule has 4 aliphatic rings. The van der Waals surface area contributed by atoms with Crippen LogP contribution in [-0.2, 0) is 11.8 Å². The Morgan fingerprint density at radius 2 is 1.78 bits per heavy atom. The van der Waals surface area contributed by atoms with Gasteiger partial charge in [0.25, 0.3) is 0 Å². The molecule has 4 bridgehead atoms. The second-order valence-electron chi connectivity index (χ2n) is 6.54. The molecule has 4 nitrogen and oxygen atoms in total. The molecule has 4 heteroatoms. The number of nitriles is 1. The monoisotopic (exact) mass is 243 g/mol. The van der Waals surface area contributed by atoms with Crippen LogP contribution in [0.15, 0.2) is 4.52 Å². The minimum absolute atomic E-state index is 0.186. The summed E-state index contributed by atoms with van der Waals surface area (Å²) in [6, 6.07) is 2.07. The van der Waals surface area contributed by atoms with Crippen molar-refractivity contribution >= 4 is 0 Å². The molecule has 0 saturated heterocycles. The molecule has 1 aromatic heterocycles. The highest BCUT2D eigenvalue weighted by atomic mass is 16.5. The van der Waals surface area contributed by atoms with Gasteiger partial charge in [-0.15, -0.1) is 0 Å². The molecular formula is C14H17N3O. The van der Waals surface area contributed by atoms with Crippen molar-refractivity contribution in [2.75, 3.05) is 0 Å². The van der Waals surface area contributed by atoms with Gasteiger partial charge >= 0.3 is 0 Å². The molecule has 94 valence electrons. The molecule has 0 spiro atoms. The summed E-state index contributed by atoms with van der Waals surface area (Å²) in [5, 5.41) is 12.9. The van der Waals surface area contributed by atoms with Crippen LogP contribution >= 0.6 is 0 Å². The molecule has 0 atom stereocenters. The summed E-state index contributed by atoms with van der Waals surface area (Å²) in [6.07, 6.45) is 8.21. The first-order chi connectivity index (χ1) is 8.77. The van der Waals surface area contributed by atoms with Crippen LogP contribution in [0.2, 0.25) is 0 Å². The van der Waals surface area contributed by atoms with Gasteiger partial charge in [-0.2, -0.15) is 10.2 Å². The Morgan fingerprint density at radius 3 is 2.33 bits per heavy atom. The number of nitrogens with zero attached hydrogens (tertiary/aromatic N) is 3. The number of rotatable bonds is 2. The maximum Gasteiger partial charge on any atom is 0.240 e. The molecule has 0 amide bonds. The van der Waals surface area contributed by atoms with Crippen LogP contribution < -0.4 is 0 Å². The van der Waals surface area contributed by atoms with Crippen molar-refractivity contribution in [2.45, 2.75) is 50.4 Å². The van der Waals surface area contributed by atoms with Gasteiger partial charge in [0.05, 0.1) is 6.07 Å². The van der Waals surface area contributed by atoms with E-state index in [0.29, 0.717) is 5.89 Å². The Bertz CT molecular complexity index is 478. The number of aromatic nitrogens is 2. The van der Waals surface area contributed by atoms with Gasteiger partial charge in [-0.05, 0) is 56.3 Å². The molecule has 5 rings (SSSR count). The normalized spacial score (nSPS) is 40.9. The van der Waals surface area contributed by atoms with Gasteiger partial charge in [-0.25, -0.2) is 0 Å². The van der Waals surface area contributed by atoms with Gasteiger partial charge < -0.3 is 4.52 Å². The second-order valence-corrected chi connectivity index (χ2v) is 6.54. The molecule has 0 aromatic carbocycles. The molecule has 1 aromatic rings. The maximum atomic E-state index is 8.69. The summed E-state index contributed by atoms with van der Waals surface area (Å²) >= 11 is 0. The van der Waals surface area contributed by atoms with Crippen molar-refractivity contribution in [3.05, 3.63) is 11.7 Å². The van der Waals surface area contributed by atoms with Gasteiger partial charge in [0, 0.05) is 5.41 Å². The lowest BCUT2D eigenvalue weighted by Crippen LogP contribution is -2.49. The molecule has 4 aliphatic carbocycles. The van der Waals surface area contributed by atoms with E-state index in [0.717, 1.165) is 23.6 Å². The lowest BCUT2D eigenvalue weighted by Gasteiger charge is -2.55. The Balaban J connectivity index is 1.68. The highest BCUT2D eigenvalue weighted by molar-refractivity contribution is 5.16. The van der Waals surface area contributed by atoms with E-state index in [1.807, 2.05) is 0 Å². The highest BCUT2D eigenvalue weighted by Gasteiger charge is 2.53. The zero-order chi connectivity index (χ0) is 12.2. The smallest absolute Gasteiger partial charge is 0.240 e. The van der Waals surface area contributed by atoms with Crippen LogP contribution in [0.25, 0.3) is 0 Å². The van der Waals surface area contributed by atoms with Crippen LogP contribution in [0.3, 0.4) is 0 Å². The quantitative estimate of drug-likeness (QED) is 0.801. The van der Waals surface area contributed by atoms with E-state index in [9.17, 15) is 0 Å². The third kappa shape index (κ3) is 1.43. The third-order valence-corrected chi connectivity index (χ3v) is 5.21. The number of hydrogen-bond donors (Lipinski definition) is 0. The summed E-state index contributed by atoms with van der Waals surface area (Å²) in [6.45, 7) is 0. The van der Waals surface area contributed by atoms with Gasteiger partial charge in [0.1, 0.15) is 6.42 Å². The average Bonchev–Trinajstić information content (AvgIpc) is 2.77. The topological polar surface area (TPSA) is 62.7 Å². The van der Waals surface area contributed by atoms with E-state index in [-0.39, 0.29) is 11.8 Å². The fourth-order valence-corrected chi connectivity index (χ4v) is 4.99. The summed E-state index contributed by atoms with van der Waals surface area (Å²) < 4.78 is 5.21. The zero-order valence-corrected chi connectivity index (χ0v) is 10.4. The summed E-state index contributed by atoms with van der Waals surface area (Å²) in [7, 11) is 0. The van der Waals surface area contributed by atoms with Crippen molar-refractivity contribution in [3.8, 4) is 6.07 Å². The van der Waals surface area contributed by atoms with E-state index < -0.39 is 0 Å². The minimum atomic E-state index is 0.186. The molecule has 0 radical (unpaired) electrons. The average molecular weight is 243 g/mol. The molecule has 4 saturated carbocycles. The first kappa shape index (κ1) is 10.5. The molecule has 0 aliphatic heterocycles. The Hall–Kier alpha value is -1.37. The van der Waals surface area contributed by atoms with Gasteiger partial charge in [0.2, 0.25) is 5.89 Å². The van der Waals surface area contributed by atoms with E-state index in [4.69, 9.17) is 9.78 Å². The van der Waals surface area contributed by atoms with Crippen molar-refractivity contribution in [3.63, 3.8) is 0 Å². The van der Waals surface area contributed by atoms with Crippen LogP contribution in [0.4, 0.5) is 0 Å². The fraction of sp³-hybridized carbons (Fsp3) is 0.786. The molecule has 18 heavy (non-hydrogen) atoms. The van der Waals surface area contributed by atoms with Gasteiger partial charge in [-0.3, -0.25) is 0 Å².